The summed E-state index contributed by atoms with van der Waals surface area (Å²) in [6.45, 7) is 2.16. The second-order valence-corrected chi connectivity index (χ2v) is 6.25. The van der Waals surface area contributed by atoms with Gasteiger partial charge in [-0.2, -0.15) is 0 Å². The van der Waals surface area contributed by atoms with Gasteiger partial charge in [0.1, 0.15) is 0 Å². The molecule has 0 saturated carbocycles. The zero-order valence-corrected chi connectivity index (χ0v) is 11.8. The van der Waals surface area contributed by atoms with Crippen molar-refractivity contribution in [2.45, 2.75) is 32.2 Å². The van der Waals surface area contributed by atoms with Crippen molar-refractivity contribution in [1.82, 2.24) is 5.32 Å². The van der Waals surface area contributed by atoms with Crippen molar-refractivity contribution in [2.75, 3.05) is 7.05 Å². The van der Waals surface area contributed by atoms with Crippen molar-refractivity contribution in [3.05, 3.63) is 56.8 Å². The summed E-state index contributed by atoms with van der Waals surface area (Å²) in [6.07, 6.45) is 3.90. The molecule has 1 atom stereocenters. The summed E-state index contributed by atoms with van der Waals surface area (Å²) < 4.78 is 0. The SMILES string of the molecule is CNC(c1cccc(C)c1)c1cc2c(s1)CCC2. The molecular formula is C16H19NS. The van der Waals surface area contributed by atoms with Gasteiger partial charge >= 0.3 is 0 Å². The third-order valence-corrected chi connectivity index (χ3v) is 5.02. The Bertz CT molecular complexity index is 534. The first kappa shape index (κ1) is 11.9. The Morgan fingerprint density at radius 3 is 2.83 bits per heavy atom. The molecule has 0 saturated heterocycles. The van der Waals surface area contributed by atoms with Crippen molar-refractivity contribution in [3.8, 4) is 0 Å². The van der Waals surface area contributed by atoms with Gasteiger partial charge in [0.15, 0.2) is 0 Å². The summed E-state index contributed by atoms with van der Waals surface area (Å²) in [5, 5.41) is 3.46. The number of nitrogens with one attached hydrogen (secondary N) is 1. The van der Waals surface area contributed by atoms with Crippen LogP contribution in [0.3, 0.4) is 0 Å². The van der Waals surface area contributed by atoms with Gasteiger partial charge in [-0.05, 0) is 50.4 Å². The van der Waals surface area contributed by atoms with Crippen LogP contribution >= 0.6 is 11.3 Å². The molecule has 0 spiro atoms. The molecule has 1 N–H and O–H groups in total. The van der Waals surface area contributed by atoms with Gasteiger partial charge < -0.3 is 5.32 Å². The fourth-order valence-electron chi connectivity index (χ4n) is 2.82. The number of rotatable bonds is 3. The molecule has 1 nitrogen and oxygen atoms in total. The largest absolute Gasteiger partial charge is 0.309 e. The summed E-state index contributed by atoms with van der Waals surface area (Å²) in [7, 11) is 2.05. The molecule has 1 aliphatic carbocycles. The van der Waals surface area contributed by atoms with E-state index in [0.29, 0.717) is 6.04 Å². The Morgan fingerprint density at radius 2 is 2.11 bits per heavy atom. The fourth-order valence-corrected chi connectivity index (χ4v) is 4.21. The lowest BCUT2D eigenvalue weighted by molar-refractivity contribution is 0.702. The molecule has 0 fully saturated rings. The van der Waals surface area contributed by atoms with Gasteiger partial charge in [-0.3, -0.25) is 0 Å². The van der Waals surface area contributed by atoms with Crippen molar-refractivity contribution in [3.63, 3.8) is 0 Å². The van der Waals surface area contributed by atoms with E-state index in [0.717, 1.165) is 0 Å². The van der Waals surface area contributed by atoms with Gasteiger partial charge in [-0.15, -0.1) is 11.3 Å². The van der Waals surface area contributed by atoms with Gasteiger partial charge in [0.05, 0.1) is 6.04 Å². The standard InChI is InChI=1S/C16H19NS/c1-11-5-3-7-13(9-11)16(17-2)15-10-12-6-4-8-14(12)18-15/h3,5,7,9-10,16-17H,4,6,8H2,1-2H3. The Labute approximate surface area is 113 Å². The van der Waals surface area contributed by atoms with Crippen LogP contribution in [0.25, 0.3) is 0 Å². The minimum absolute atomic E-state index is 0.348. The van der Waals surface area contributed by atoms with Gasteiger partial charge in [-0.25, -0.2) is 0 Å². The second kappa shape index (κ2) is 4.87. The lowest BCUT2D eigenvalue weighted by Crippen LogP contribution is -2.16. The van der Waals surface area contributed by atoms with Gasteiger partial charge in [0.25, 0.3) is 0 Å². The van der Waals surface area contributed by atoms with Gasteiger partial charge in [0, 0.05) is 9.75 Å². The summed E-state index contributed by atoms with van der Waals surface area (Å²) in [5.74, 6) is 0. The van der Waals surface area contributed by atoms with Crippen molar-refractivity contribution < 1.29 is 0 Å². The van der Waals surface area contributed by atoms with E-state index >= 15 is 0 Å². The molecule has 0 radical (unpaired) electrons. The third kappa shape index (κ3) is 2.11. The lowest BCUT2D eigenvalue weighted by Gasteiger charge is -2.15. The van der Waals surface area contributed by atoms with Crippen LogP contribution in [0, 0.1) is 6.92 Å². The predicted molar refractivity (Wildman–Crippen MR) is 78.4 cm³/mol. The predicted octanol–water partition coefficient (Wildman–Crippen LogP) is 3.85. The Morgan fingerprint density at radius 1 is 1.22 bits per heavy atom. The number of benzene rings is 1. The van der Waals surface area contributed by atoms with Gasteiger partial charge in [-0.1, -0.05) is 29.8 Å². The fraction of sp³-hybridized carbons (Fsp3) is 0.375. The second-order valence-electron chi connectivity index (χ2n) is 5.09. The van der Waals surface area contributed by atoms with E-state index in [1.54, 1.807) is 10.4 Å². The highest BCUT2D eigenvalue weighted by Gasteiger charge is 2.20. The number of thiophene rings is 1. The Balaban J connectivity index is 1.96. The zero-order chi connectivity index (χ0) is 12.5. The Hall–Kier alpha value is -1.12. The number of aryl methyl sites for hydroxylation is 3. The van der Waals surface area contributed by atoms with E-state index in [4.69, 9.17) is 0 Å². The molecule has 1 unspecified atom stereocenters. The van der Waals surface area contributed by atoms with Crippen LogP contribution in [-0.2, 0) is 12.8 Å². The normalized spacial score (nSPS) is 15.7. The first-order valence-corrected chi connectivity index (χ1v) is 7.45. The maximum Gasteiger partial charge on any atom is 0.0668 e. The average molecular weight is 257 g/mol. The number of hydrogen-bond acceptors (Lipinski definition) is 2. The first-order chi connectivity index (χ1) is 8.78. The molecule has 3 rings (SSSR count). The molecule has 0 bridgehead atoms. The highest BCUT2D eigenvalue weighted by atomic mass is 32.1. The van der Waals surface area contributed by atoms with Crippen molar-refractivity contribution in [2.24, 2.45) is 0 Å². The van der Waals surface area contributed by atoms with E-state index < -0.39 is 0 Å². The molecule has 94 valence electrons. The van der Waals surface area contributed by atoms with E-state index in [1.807, 2.05) is 11.3 Å². The molecule has 1 aliphatic rings. The molecule has 0 aliphatic heterocycles. The third-order valence-electron chi connectivity index (χ3n) is 3.71. The van der Waals surface area contributed by atoms with Crippen molar-refractivity contribution in [1.29, 1.82) is 0 Å². The monoisotopic (exact) mass is 257 g/mol. The molecule has 0 amide bonds. The number of hydrogen-bond donors (Lipinski definition) is 1. The highest BCUT2D eigenvalue weighted by molar-refractivity contribution is 7.12. The minimum Gasteiger partial charge on any atom is -0.309 e. The molecule has 2 aromatic rings. The summed E-state index contributed by atoms with van der Waals surface area (Å²) in [6, 6.07) is 11.6. The van der Waals surface area contributed by atoms with Crippen LogP contribution in [0.15, 0.2) is 30.3 Å². The molecule has 18 heavy (non-hydrogen) atoms. The maximum atomic E-state index is 3.46. The van der Waals surface area contributed by atoms with E-state index in [1.165, 1.54) is 35.3 Å². The molecule has 1 heterocycles. The van der Waals surface area contributed by atoms with Gasteiger partial charge in [0.2, 0.25) is 0 Å². The lowest BCUT2D eigenvalue weighted by atomic mass is 10.0. The summed E-state index contributed by atoms with van der Waals surface area (Å²) >= 11 is 1.99. The van der Waals surface area contributed by atoms with Crippen LogP contribution in [-0.4, -0.2) is 7.05 Å². The van der Waals surface area contributed by atoms with E-state index in [-0.39, 0.29) is 0 Å². The van der Waals surface area contributed by atoms with E-state index in [2.05, 4.69) is 49.6 Å². The van der Waals surface area contributed by atoms with Crippen molar-refractivity contribution >= 4 is 11.3 Å². The molecule has 1 aromatic heterocycles. The number of fused-ring (bicyclic) bond motifs is 1. The first-order valence-electron chi connectivity index (χ1n) is 6.63. The maximum absolute atomic E-state index is 3.46. The molecule has 1 aromatic carbocycles. The summed E-state index contributed by atoms with van der Waals surface area (Å²) in [5.41, 5.74) is 4.29. The summed E-state index contributed by atoms with van der Waals surface area (Å²) in [4.78, 5) is 3.07. The van der Waals surface area contributed by atoms with Crippen LogP contribution in [0.2, 0.25) is 0 Å². The topological polar surface area (TPSA) is 12.0 Å². The van der Waals surface area contributed by atoms with Crippen LogP contribution < -0.4 is 5.32 Å². The minimum atomic E-state index is 0.348. The van der Waals surface area contributed by atoms with Crippen LogP contribution in [0.4, 0.5) is 0 Å². The quantitative estimate of drug-likeness (QED) is 0.880. The van der Waals surface area contributed by atoms with Crippen LogP contribution in [0.5, 0.6) is 0 Å². The highest BCUT2D eigenvalue weighted by Crippen LogP contribution is 2.36. The van der Waals surface area contributed by atoms with Crippen LogP contribution in [0.1, 0.15) is 38.9 Å². The smallest absolute Gasteiger partial charge is 0.0668 e. The Kier molecular flexibility index (Phi) is 3.23. The van der Waals surface area contributed by atoms with E-state index in [9.17, 15) is 0 Å². The molecular weight excluding hydrogens is 238 g/mol. The average Bonchev–Trinajstić information content (AvgIpc) is 2.91. The molecule has 2 heteroatoms. The zero-order valence-electron chi connectivity index (χ0n) is 11.0.